The minimum atomic E-state index is -0.817. The standard InChI is InChI=1S/C12H8BrNO4/c1-17-11(15)9-6-10(14-18-12(9)16)7-2-4-8(13)5-3-7/h2-6H,1H3. The van der Waals surface area contributed by atoms with Gasteiger partial charge >= 0.3 is 11.6 Å². The summed E-state index contributed by atoms with van der Waals surface area (Å²) >= 11 is 3.31. The van der Waals surface area contributed by atoms with Crippen LogP contribution in [-0.2, 0) is 4.74 Å². The second-order valence-corrected chi connectivity index (χ2v) is 4.33. The fraction of sp³-hybridized carbons (Fsp3) is 0.0833. The number of nitrogens with zero attached hydrogens (tertiary/aromatic N) is 1. The number of esters is 1. The van der Waals surface area contributed by atoms with Crippen LogP contribution in [0.4, 0.5) is 0 Å². The lowest BCUT2D eigenvalue weighted by Gasteiger charge is -2.01. The Labute approximate surface area is 110 Å². The monoisotopic (exact) mass is 309 g/mol. The Morgan fingerprint density at radius 3 is 2.61 bits per heavy atom. The van der Waals surface area contributed by atoms with Crippen LogP contribution in [0.15, 0.2) is 44.1 Å². The third-order valence-electron chi connectivity index (χ3n) is 2.27. The minimum absolute atomic E-state index is 0.176. The number of halogens is 1. The van der Waals surface area contributed by atoms with Gasteiger partial charge in [0.05, 0.1) is 7.11 Å². The molecule has 0 bridgehead atoms. The zero-order valence-corrected chi connectivity index (χ0v) is 10.9. The molecule has 6 heteroatoms. The first-order chi connectivity index (χ1) is 8.61. The highest BCUT2D eigenvalue weighted by molar-refractivity contribution is 9.10. The maximum Gasteiger partial charge on any atom is 0.373 e. The van der Waals surface area contributed by atoms with Gasteiger partial charge in [-0.1, -0.05) is 33.2 Å². The molecule has 0 spiro atoms. The van der Waals surface area contributed by atoms with Gasteiger partial charge in [-0.15, -0.1) is 0 Å². The van der Waals surface area contributed by atoms with Crippen LogP contribution in [0.2, 0.25) is 0 Å². The molecule has 0 atom stereocenters. The Balaban J connectivity index is 2.50. The predicted octanol–water partition coefficient (Wildman–Crippen LogP) is 2.25. The number of benzene rings is 1. The normalized spacial score (nSPS) is 10.1. The van der Waals surface area contributed by atoms with Crippen molar-refractivity contribution in [3.8, 4) is 11.3 Å². The Morgan fingerprint density at radius 2 is 2.00 bits per heavy atom. The molecular formula is C12H8BrNO4. The van der Waals surface area contributed by atoms with E-state index < -0.39 is 11.6 Å². The molecule has 0 saturated heterocycles. The zero-order valence-electron chi connectivity index (χ0n) is 9.34. The molecule has 0 unspecified atom stereocenters. The molecule has 0 aliphatic rings. The molecule has 0 fully saturated rings. The van der Waals surface area contributed by atoms with Crippen LogP contribution in [0, 0.1) is 0 Å². The first kappa shape index (κ1) is 12.5. The van der Waals surface area contributed by atoms with Gasteiger partial charge < -0.3 is 9.26 Å². The van der Waals surface area contributed by atoms with Crippen molar-refractivity contribution < 1.29 is 14.1 Å². The fourth-order valence-corrected chi connectivity index (χ4v) is 1.64. The highest BCUT2D eigenvalue weighted by Gasteiger charge is 2.15. The van der Waals surface area contributed by atoms with Gasteiger partial charge in [-0.25, -0.2) is 9.59 Å². The summed E-state index contributed by atoms with van der Waals surface area (Å²) in [5.74, 6) is -0.746. The lowest BCUT2D eigenvalue weighted by Crippen LogP contribution is -2.16. The third-order valence-corrected chi connectivity index (χ3v) is 2.80. The van der Waals surface area contributed by atoms with Gasteiger partial charge in [0.25, 0.3) is 0 Å². The molecule has 2 aromatic rings. The lowest BCUT2D eigenvalue weighted by atomic mass is 10.1. The van der Waals surface area contributed by atoms with Crippen molar-refractivity contribution in [1.82, 2.24) is 5.16 Å². The van der Waals surface area contributed by atoms with Crippen molar-refractivity contribution in [2.24, 2.45) is 0 Å². The first-order valence-corrected chi connectivity index (χ1v) is 5.76. The van der Waals surface area contributed by atoms with Gasteiger partial charge in [0.1, 0.15) is 11.3 Å². The zero-order chi connectivity index (χ0) is 13.1. The lowest BCUT2D eigenvalue weighted by molar-refractivity contribution is 0.0593. The molecule has 1 heterocycles. The van der Waals surface area contributed by atoms with E-state index in [4.69, 9.17) is 0 Å². The van der Waals surface area contributed by atoms with Crippen LogP contribution < -0.4 is 5.63 Å². The molecule has 0 saturated carbocycles. The van der Waals surface area contributed by atoms with Gasteiger partial charge in [0.15, 0.2) is 0 Å². The Bertz CT molecular complexity index is 633. The van der Waals surface area contributed by atoms with Crippen LogP contribution in [0.1, 0.15) is 10.4 Å². The number of hydrogen-bond donors (Lipinski definition) is 0. The SMILES string of the molecule is COC(=O)c1cc(-c2ccc(Br)cc2)noc1=O. The summed E-state index contributed by atoms with van der Waals surface area (Å²) in [7, 11) is 1.20. The Morgan fingerprint density at radius 1 is 1.33 bits per heavy atom. The quantitative estimate of drug-likeness (QED) is 0.796. The largest absolute Gasteiger partial charge is 0.465 e. The number of aromatic nitrogens is 1. The van der Waals surface area contributed by atoms with Gasteiger partial charge in [-0.2, -0.15) is 0 Å². The summed E-state index contributed by atoms with van der Waals surface area (Å²) in [5.41, 5.74) is 0.128. The molecule has 0 radical (unpaired) electrons. The van der Waals surface area contributed by atoms with Gasteiger partial charge in [-0.3, -0.25) is 0 Å². The van der Waals surface area contributed by atoms with Crippen molar-refractivity contribution >= 4 is 21.9 Å². The van der Waals surface area contributed by atoms with E-state index in [1.165, 1.54) is 13.2 Å². The molecule has 0 amide bonds. The molecular weight excluding hydrogens is 302 g/mol. The molecule has 0 aliphatic carbocycles. The van der Waals surface area contributed by atoms with Crippen LogP contribution in [0.3, 0.4) is 0 Å². The summed E-state index contributed by atoms with van der Waals surface area (Å²) in [6.07, 6.45) is 0. The summed E-state index contributed by atoms with van der Waals surface area (Å²) in [6.45, 7) is 0. The first-order valence-electron chi connectivity index (χ1n) is 4.97. The molecule has 2 rings (SSSR count). The molecule has 0 aliphatic heterocycles. The number of methoxy groups -OCH3 is 1. The van der Waals surface area contributed by atoms with E-state index in [2.05, 4.69) is 30.3 Å². The molecule has 0 N–H and O–H groups in total. The van der Waals surface area contributed by atoms with Crippen LogP contribution >= 0.6 is 15.9 Å². The number of rotatable bonds is 2. The average Bonchev–Trinajstić information content (AvgIpc) is 2.39. The Kier molecular flexibility index (Phi) is 3.57. The van der Waals surface area contributed by atoms with Crippen LogP contribution in [0.25, 0.3) is 11.3 Å². The van der Waals surface area contributed by atoms with Crippen LogP contribution in [0.5, 0.6) is 0 Å². The van der Waals surface area contributed by atoms with E-state index in [1.54, 1.807) is 12.1 Å². The second kappa shape index (κ2) is 5.14. The molecule has 18 heavy (non-hydrogen) atoms. The van der Waals surface area contributed by atoms with E-state index in [0.717, 1.165) is 10.0 Å². The summed E-state index contributed by atoms with van der Waals surface area (Å²) in [6, 6.07) is 8.56. The topological polar surface area (TPSA) is 69.4 Å². The van der Waals surface area contributed by atoms with E-state index in [1.807, 2.05) is 12.1 Å². The number of carbonyl (C=O) groups excluding carboxylic acids is 1. The van der Waals surface area contributed by atoms with Gasteiger partial charge in [0.2, 0.25) is 0 Å². The number of ether oxygens (including phenoxy) is 1. The molecule has 1 aromatic carbocycles. The molecule has 5 nitrogen and oxygen atoms in total. The maximum atomic E-state index is 11.4. The third kappa shape index (κ3) is 2.48. The van der Waals surface area contributed by atoms with E-state index in [0.29, 0.717) is 5.69 Å². The number of carbonyl (C=O) groups is 1. The number of hydrogen-bond acceptors (Lipinski definition) is 5. The van der Waals surface area contributed by atoms with Crippen molar-refractivity contribution in [2.45, 2.75) is 0 Å². The summed E-state index contributed by atoms with van der Waals surface area (Å²) in [5, 5.41) is 3.64. The van der Waals surface area contributed by atoms with Crippen molar-refractivity contribution in [3.05, 3.63) is 50.8 Å². The van der Waals surface area contributed by atoms with Crippen molar-refractivity contribution in [2.75, 3.05) is 7.11 Å². The molecule has 1 aromatic heterocycles. The molecule has 92 valence electrons. The highest BCUT2D eigenvalue weighted by Crippen LogP contribution is 2.19. The van der Waals surface area contributed by atoms with Gasteiger partial charge in [-0.05, 0) is 18.2 Å². The maximum absolute atomic E-state index is 11.4. The van der Waals surface area contributed by atoms with Gasteiger partial charge in [0, 0.05) is 10.0 Å². The van der Waals surface area contributed by atoms with E-state index in [9.17, 15) is 9.59 Å². The van der Waals surface area contributed by atoms with Crippen molar-refractivity contribution in [3.63, 3.8) is 0 Å². The van der Waals surface area contributed by atoms with Crippen LogP contribution in [-0.4, -0.2) is 18.2 Å². The second-order valence-electron chi connectivity index (χ2n) is 3.41. The minimum Gasteiger partial charge on any atom is -0.465 e. The van der Waals surface area contributed by atoms with E-state index in [-0.39, 0.29) is 5.56 Å². The predicted molar refractivity (Wildman–Crippen MR) is 67.2 cm³/mol. The average molecular weight is 310 g/mol. The highest BCUT2D eigenvalue weighted by atomic mass is 79.9. The fourth-order valence-electron chi connectivity index (χ4n) is 1.37. The van der Waals surface area contributed by atoms with E-state index >= 15 is 0 Å². The van der Waals surface area contributed by atoms with Crippen molar-refractivity contribution in [1.29, 1.82) is 0 Å². The smallest absolute Gasteiger partial charge is 0.373 e. The Hall–Kier alpha value is -1.95. The summed E-state index contributed by atoms with van der Waals surface area (Å²) in [4.78, 5) is 22.7. The summed E-state index contributed by atoms with van der Waals surface area (Å²) < 4.78 is 9.99.